The Morgan fingerprint density at radius 2 is 2.39 bits per heavy atom. The third kappa shape index (κ3) is 3.54. The van der Waals surface area contributed by atoms with Crippen molar-refractivity contribution in [3.8, 4) is 0 Å². The van der Waals surface area contributed by atoms with E-state index in [1.54, 1.807) is 13.2 Å². The average molecular weight is 251 g/mol. The van der Waals surface area contributed by atoms with E-state index in [9.17, 15) is 0 Å². The molecule has 1 saturated heterocycles. The highest BCUT2D eigenvalue weighted by Crippen LogP contribution is 2.16. The molecule has 1 aromatic rings. The number of likely N-dealkylation sites (tertiary alicyclic amines) is 1. The van der Waals surface area contributed by atoms with Crippen LogP contribution in [0.25, 0.3) is 0 Å². The van der Waals surface area contributed by atoms with Crippen molar-refractivity contribution in [1.82, 2.24) is 14.9 Å². The van der Waals surface area contributed by atoms with E-state index < -0.39 is 0 Å². The van der Waals surface area contributed by atoms with Crippen molar-refractivity contribution in [1.29, 1.82) is 0 Å². The zero-order valence-electron chi connectivity index (χ0n) is 11.0. The molecule has 6 heteroatoms. The Balaban J connectivity index is 1.92. The van der Waals surface area contributed by atoms with E-state index in [4.69, 9.17) is 10.5 Å². The lowest BCUT2D eigenvalue weighted by molar-refractivity contribution is 0.178. The van der Waals surface area contributed by atoms with Gasteiger partial charge in [0.1, 0.15) is 18.2 Å². The first-order valence-corrected chi connectivity index (χ1v) is 6.22. The van der Waals surface area contributed by atoms with Crippen LogP contribution in [0, 0.1) is 5.92 Å². The van der Waals surface area contributed by atoms with Crippen molar-refractivity contribution >= 4 is 11.6 Å². The van der Waals surface area contributed by atoms with Crippen molar-refractivity contribution in [2.75, 3.05) is 44.8 Å². The second kappa shape index (κ2) is 5.97. The maximum atomic E-state index is 5.74. The largest absolute Gasteiger partial charge is 0.384 e. The molecule has 6 nitrogen and oxygen atoms in total. The Morgan fingerprint density at radius 3 is 3.06 bits per heavy atom. The van der Waals surface area contributed by atoms with E-state index in [0.29, 0.717) is 24.2 Å². The third-order valence-corrected chi connectivity index (χ3v) is 3.13. The fraction of sp³-hybridized carbons (Fsp3) is 0.667. The molecule has 1 aromatic heterocycles. The van der Waals surface area contributed by atoms with Gasteiger partial charge in [-0.1, -0.05) is 0 Å². The number of nitrogens with one attached hydrogen (secondary N) is 1. The predicted molar refractivity (Wildman–Crippen MR) is 71.3 cm³/mol. The van der Waals surface area contributed by atoms with Crippen LogP contribution < -0.4 is 11.1 Å². The van der Waals surface area contributed by atoms with Gasteiger partial charge in [-0.05, 0) is 25.9 Å². The van der Waals surface area contributed by atoms with Gasteiger partial charge < -0.3 is 20.7 Å². The SMILES string of the molecule is COCc1nc(N)cc(NCC2CCN(C)C2)n1. The van der Waals surface area contributed by atoms with Gasteiger partial charge in [0, 0.05) is 26.3 Å². The number of nitrogens with two attached hydrogens (primary N) is 1. The molecule has 2 rings (SSSR count). The number of nitrogen functional groups attached to an aromatic ring is 1. The van der Waals surface area contributed by atoms with Gasteiger partial charge >= 0.3 is 0 Å². The zero-order chi connectivity index (χ0) is 13.0. The Kier molecular flexibility index (Phi) is 4.33. The molecule has 0 amide bonds. The predicted octanol–water partition coefficient (Wildman–Crippen LogP) is 0.569. The van der Waals surface area contributed by atoms with Crippen LogP contribution in [-0.2, 0) is 11.3 Å². The van der Waals surface area contributed by atoms with E-state index in [1.165, 1.54) is 13.0 Å². The standard InChI is InChI=1S/C12H21N5O/c1-17-4-3-9(7-17)6-14-11-5-10(13)15-12(16-11)8-18-2/h5,9H,3-4,6-8H2,1-2H3,(H3,13,14,15,16). The molecule has 0 spiro atoms. The van der Waals surface area contributed by atoms with Crippen LogP contribution in [0.15, 0.2) is 6.07 Å². The van der Waals surface area contributed by atoms with Crippen LogP contribution >= 0.6 is 0 Å². The molecular weight excluding hydrogens is 230 g/mol. The number of hydrogen-bond donors (Lipinski definition) is 2. The molecule has 0 saturated carbocycles. The quantitative estimate of drug-likeness (QED) is 0.796. The van der Waals surface area contributed by atoms with Crippen LogP contribution in [-0.4, -0.2) is 48.7 Å². The molecule has 0 aromatic carbocycles. The van der Waals surface area contributed by atoms with Gasteiger partial charge in [0.05, 0.1) is 0 Å². The molecule has 0 radical (unpaired) electrons. The van der Waals surface area contributed by atoms with E-state index >= 15 is 0 Å². The average Bonchev–Trinajstić information content (AvgIpc) is 2.72. The van der Waals surface area contributed by atoms with E-state index in [1.807, 2.05) is 0 Å². The Labute approximate surface area is 108 Å². The monoisotopic (exact) mass is 251 g/mol. The second-order valence-corrected chi connectivity index (χ2v) is 4.83. The maximum absolute atomic E-state index is 5.74. The number of nitrogens with zero attached hydrogens (tertiary/aromatic N) is 3. The first-order chi connectivity index (χ1) is 8.67. The molecule has 1 atom stereocenters. The lowest BCUT2D eigenvalue weighted by atomic mass is 10.1. The smallest absolute Gasteiger partial charge is 0.158 e. The second-order valence-electron chi connectivity index (χ2n) is 4.83. The summed E-state index contributed by atoms with van der Waals surface area (Å²) in [6.07, 6.45) is 1.23. The van der Waals surface area contributed by atoms with Gasteiger partial charge in [0.2, 0.25) is 0 Å². The van der Waals surface area contributed by atoms with Crippen molar-refractivity contribution in [3.05, 3.63) is 11.9 Å². The van der Waals surface area contributed by atoms with Crippen molar-refractivity contribution in [2.45, 2.75) is 13.0 Å². The van der Waals surface area contributed by atoms with Gasteiger partial charge in [0.15, 0.2) is 5.82 Å². The van der Waals surface area contributed by atoms with Crippen LogP contribution in [0.5, 0.6) is 0 Å². The summed E-state index contributed by atoms with van der Waals surface area (Å²) in [5.74, 6) is 2.55. The van der Waals surface area contributed by atoms with Crippen molar-refractivity contribution in [2.24, 2.45) is 5.92 Å². The molecule has 18 heavy (non-hydrogen) atoms. The lowest BCUT2D eigenvalue weighted by Gasteiger charge is -2.13. The topological polar surface area (TPSA) is 76.3 Å². The highest BCUT2D eigenvalue weighted by Gasteiger charge is 2.19. The first kappa shape index (κ1) is 13.0. The van der Waals surface area contributed by atoms with E-state index in [-0.39, 0.29) is 0 Å². The van der Waals surface area contributed by atoms with Gasteiger partial charge in [-0.25, -0.2) is 9.97 Å². The third-order valence-electron chi connectivity index (χ3n) is 3.13. The Bertz CT molecular complexity index is 398. The number of rotatable bonds is 5. The Morgan fingerprint density at radius 1 is 1.56 bits per heavy atom. The number of anilines is 2. The van der Waals surface area contributed by atoms with Crippen LogP contribution in [0.2, 0.25) is 0 Å². The molecule has 1 aliphatic heterocycles. The molecule has 100 valence electrons. The molecule has 0 aliphatic carbocycles. The summed E-state index contributed by atoms with van der Waals surface area (Å²) < 4.78 is 5.01. The summed E-state index contributed by atoms with van der Waals surface area (Å²) >= 11 is 0. The maximum Gasteiger partial charge on any atom is 0.158 e. The normalized spacial score (nSPS) is 20.2. The summed E-state index contributed by atoms with van der Waals surface area (Å²) in [5, 5.41) is 3.33. The molecule has 0 bridgehead atoms. The zero-order valence-corrected chi connectivity index (χ0v) is 11.0. The van der Waals surface area contributed by atoms with Crippen molar-refractivity contribution in [3.63, 3.8) is 0 Å². The summed E-state index contributed by atoms with van der Waals surface area (Å²) in [6, 6.07) is 1.76. The van der Waals surface area contributed by atoms with Gasteiger partial charge in [0.25, 0.3) is 0 Å². The summed E-state index contributed by atoms with van der Waals surface area (Å²) in [6.45, 7) is 3.62. The highest BCUT2D eigenvalue weighted by atomic mass is 16.5. The first-order valence-electron chi connectivity index (χ1n) is 6.22. The van der Waals surface area contributed by atoms with Crippen molar-refractivity contribution < 1.29 is 4.74 Å². The summed E-state index contributed by atoms with van der Waals surface area (Å²) in [4.78, 5) is 10.8. The minimum atomic E-state index is 0.381. The fourth-order valence-corrected chi connectivity index (χ4v) is 2.24. The van der Waals surface area contributed by atoms with Gasteiger partial charge in [-0.3, -0.25) is 0 Å². The summed E-state index contributed by atoms with van der Waals surface area (Å²) in [5.41, 5.74) is 5.74. The van der Waals surface area contributed by atoms with Crippen LogP contribution in [0.1, 0.15) is 12.2 Å². The number of ether oxygens (including phenoxy) is 1. The van der Waals surface area contributed by atoms with Gasteiger partial charge in [-0.15, -0.1) is 0 Å². The van der Waals surface area contributed by atoms with Crippen LogP contribution in [0.3, 0.4) is 0 Å². The van der Waals surface area contributed by atoms with Gasteiger partial charge in [-0.2, -0.15) is 0 Å². The minimum absolute atomic E-state index is 0.381. The number of hydrogen-bond acceptors (Lipinski definition) is 6. The van der Waals surface area contributed by atoms with E-state index in [0.717, 1.165) is 18.9 Å². The highest BCUT2D eigenvalue weighted by molar-refractivity contribution is 5.44. The summed E-state index contributed by atoms with van der Waals surface area (Å²) in [7, 11) is 3.77. The molecule has 2 heterocycles. The Hall–Kier alpha value is -1.40. The van der Waals surface area contributed by atoms with Crippen LogP contribution in [0.4, 0.5) is 11.6 Å². The van der Waals surface area contributed by atoms with E-state index in [2.05, 4.69) is 27.2 Å². The fourth-order valence-electron chi connectivity index (χ4n) is 2.24. The number of aromatic nitrogens is 2. The molecule has 1 aliphatic rings. The number of methoxy groups -OCH3 is 1. The molecule has 1 fully saturated rings. The minimum Gasteiger partial charge on any atom is -0.384 e. The molecule has 3 N–H and O–H groups in total. The molecule has 1 unspecified atom stereocenters. The molecular formula is C12H21N5O. The lowest BCUT2D eigenvalue weighted by Crippen LogP contribution is -2.19.